The smallest absolute Gasteiger partial charge is 0.243 e. The molecule has 0 aromatic heterocycles. The molecule has 4 heteroatoms. The molecule has 2 aromatic rings. The number of amides is 2. The second-order valence-electron chi connectivity index (χ2n) is 6.41. The Labute approximate surface area is 149 Å². The van der Waals surface area contributed by atoms with E-state index in [-0.39, 0.29) is 24.3 Å². The van der Waals surface area contributed by atoms with Crippen molar-refractivity contribution >= 4 is 17.5 Å². The summed E-state index contributed by atoms with van der Waals surface area (Å²) in [5.41, 5.74) is 4.99. The summed E-state index contributed by atoms with van der Waals surface area (Å²) in [7, 11) is 0. The molecule has 0 saturated carbocycles. The predicted octanol–water partition coefficient (Wildman–Crippen LogP) is 3.86. The van der Waals surface area contributed by atoms with E-state index >= 15 is 0 Å². The molecule has 2 amide bonds. The third-order valence-corrected chi connectivity index (χ3v) is 4.29. The first-order chi connectivity index (χ1) is 11.9. The van der Waals surface area contributed by atoms with Crippen LogP contribution in [0, 0.1) is 20.8 Å². The lowest BCUT2D eigenvalue weighted by Crippen LogP contribution is -2.36. The molecule has 2 aromatic carbocycles. The van der Waals surface area contributed by atoms with Gasteiger partial charge in [0.25, 0.3) is 0 Å². The molecule has 1 atom stereocenters. The van der Waals surface area contributed by atoms with Crippen LogP contribution in [-0.2, 0) is 9.59 Å². The number of rotatable bonds is 6. The zero-order chi connectivity index (χ0) is 18.4. The van der Waals surface area contributed by atoms with Crippen molar-refractivity contribution in [2.24, 2.45) is 0 Å². The first-order valence-electron chi connectivity index (χ1n) is 8.62. The van der Waals surface area contributed by atoms with Crippen LogP contribution in [0.5, 0.6) is 0 Å². The average Bonchev–Trinajstić information content (AvgIpc) is 2.58. The van der Waals surface area contributed by atoms with Crippen molar-refractivity contribution in [2.75, 3.05) is 11.9 Å². The minimum atomic E-state index is -0.239. The molecule has 132 valence electrons. The number of aryl methyl sites for hydroxylation is 3. The van der Waals surface area contributed by atoms with Crippen LogP contribution in [0.1, 0.15) is 41.5 Å². The van der Waals surface area contributed by atoms with Crippen molar-refractivity contribution in [3.05, 3.63) is 64.7 Å². The first kappa shape index (κ1) is 18.7. The lowest BCUT2D eigenvalue weighted by molar-refractivity contribution is -0.125. The Morgan fingerprint density at radius 2 is 1.60 bits per heavy atom. The van der Waals surface area contributed by atoms with Gasteiger partial charge in [-0.25, -0.2) is 0 Å². The number of hydrogen-bond donors (Lipinski definition) is 2. The zero-order valence-electron chi connectivity index (χ0n) is 15.3. The maximum atomic E-state index is 12.4. The second kappa shape index (κ2) is 8.47. The van der Waals surface area contributed by atoms with Crippen molar-refractivity contribution in [3.63, 3.8) is 0 Å². The van der Waals surface area contributed by atoms with Crippen molar-refractivity contribution in [3.8, 4) is 0 Å². The summed E-state index contributed by atoms with van der Waals surface area (Å²) >= 11 is 0. The molecule has 0 aliphatic rings. The van der Waals surface area contributed by atoms with Gasteiger partial charge in [-0.2, -0.15) is 0 Å². The largest absolute Gasteiger partial charge is 0.346 e. The standard InChI is InChI=1S/C21H26N2O2/c1-5-18(17-9-7-6-8-10-17)21(25)22-13-19(24)23-20-15(3)11-14(2)12-16(20)4/h6-12,18H,5,13H2,1-4H3,(H,22,25)(H,23,24). The molecule has 0 saturated heterocycles. The third kappa shape index (κ3) is 4.92. The summed E-state index contributed by atoms with van der Waals surface area (Å²) in [6, 6.07) is 13.7. The van der Waals surface area contributed by atoms with Gasteiger partial charge >= 0.3 is 0 Å². The van der Waals surface area contributed by atoms with Gasteiger partial charge < -0.3 is 10.6 Å². The molecule has 1 unspecified atom stereocenters. The van der Waals surface area contributed by atoms with E-state index in [1.165, 1.54) is 0 Å². The number of anilines is 1. The highest BCUT2D eigenvalue weighted by atomic mass is 16.2. The summed E-state index contributed by atoms with van der Waals surface area (Å²) < 4.78 is 0. The normalized spacial score (nSPS) is 11.7. The molecule has 4 nitrogen and oxygen atoms in total. The molecule has 2 N–H and O–H groups in total. The quantitative estimate of drug-likeness (QED) is 0.840. The Morgan fingerprint density at radius 3 is 2.16 bits per heavy atom. The van der Waals surface area contributed by atoms with E-state index in [0.717, 1.165) is 27.9 Å². The van der Waals surface area contributed by atoms with Crippen molar-refractivity contribution < 1.29 is 9.59 Å². The van der Waals surface area contributed by atoms with Gasteiger partial charge in [-0.1, -0.05) is 55.0 Å². The van der Waals surface area contributed by atoms with E-state index < -0.39 is 0 Å². The van der Waals surface area contributed by atoms with Gasteiger partial charge in [0.2, 0.25) is 11.8 Å². The minimum absolute atomic E-state index is 0.0328. The van der Waals surface area contributed by atoms with Crippen molar-refractivity contribution in [1.82, 2.24) is 5.32 Å². The number of hydrogen-bond acceptors (Lipinski definition) is 2. The van der Waals surface area contributed by atoms with Crippen LogP contribution in [0.3, 0.4) is 0 Å². The molecule has 0 aliphatic heterocycles. The number of benzene rings is 2. The molecule has 0 aliphatic carbocycles. The molecule has 2 rings (SSSR count). The Morgan fingerprint density at radius 1 is 1.00 bits per heavy atom. The lowest BCUT2D eigenvalue weighted by atomic mass is 9.96. The van der Waals surface area contributed by atoms with E-state index in [1.54, 1.807) is 0 Å². The molecular weight excluding hydrogens is 312 g/mol. The molecule has 0 bridgehead atoms. The van der Waals surface area contributed by atoms with Crippen LogP contribution in [0.2, 0.25) is 0 Å². The molecule has 0 radical (unpaired) electrons. The highest BCUT2D eigenvalue weighted by molar-refractivity contribution is 5.96. The van der Waals surface area contributed by atoms with Gasteiger partial charge in [0.1, 0.15) is 0 Å². The summed E-state index contributed by atoms with van der Waals surface area (Å²) in [6.07, 6.45) is 0.688. The third-order valence-electron chi connectivity index (χ3n) is 4.29. The van der Waals surface area contributed by atoms with Crippen LogP contribution in [0.15, 0.2) is 42.5 Å². The van der Waals surface area contributed by atoms with Gasteiger partial charge in [-0.3, -0.25) is 9.59 Å². The fourth-order valence-corrected chi connectivity index (χ4v) is 3.11. The monoisotopic (exact) mass is 338 g/mol. The number of carbonyl (C=O) groups is 2. The highest BCUT2D eigenvalue weighted by Crippen LogP contribution is 2.22. The van der Waals surface area contributed by atoms with E-state index in [1.807, 2.05) is 70.2 Å². The van der Waals surface area contributed by atoms with Crippen LogP contribution in [0.4, 0.5) is 5.69 Å². The maximum absolute atomic E-state index is 12.4. The van der Waals surface area contributed by atoms with Crippen LogP contribution in [0.25, 0.3) is 0 Å². The van der Waals surface area contributed by atoms with E-state index in [9.17, 15) is 9.59 Å². The zero-order valence-corrected chi connectivity index (χ0v) is 15.3. The Bertz CT molecular complexity index is 731. The predicted molar refractivity (Wildman–Crippen MR) is 102 cm³/mol. The van der Waals surface area contributed by atoms with Gasteiger partial charge in [-0.05, 0) is 43.9 Å². The summed E-state index contributed by atoms with van der Waals surface area (Å²) in [6.45, 7) is 7.90. The Hall–Kier alpha value is -2.62. The Balaban J connectivity index is 1.97. The molecule has 0 heterocycles. The van der Waals surface area contributed by atoms with Gasteiger partial charge in [0.15, 0.2) is 0 Å². The Kier molecular flexibility index (Phi) is 6.34. The fourth-order valence-electron chi connectivity index (χ4n) is 3.11. The second-order valence-corrected chi connectivity index (χ2v) is 6.41. The SMILES string of the molecule is CCC(C(=O)NCC(=O)Nc1c(C)cc(C)cc1C)c1ccccc1. The lowest BCUT2D eigenvalue weighted by Gasteiger charge is -2.16. The highest BCUT2D eigenvalue weighted by Gasteiger charge is 2.19. The molecular formula is C21H26N2O2. The van der Waals surface area contributed by atoms with Gasteiger partial charge in [-0.15, -0.1) is 0 Å². The molecule has 25 heavy (non-hydrogen) atoms. The van der Waals surface area contributed by atoms with E-state index in [4.69, 9.17) is 0 Å². The molecule has 0 spiro atoms. The molecule has 0 fully saturated rings. The average molecular weight is 338 g/mol. The van der Waals surface area contributed by atoms with Gasteiger partial charge in [0, 0.05) is 5.69 Å². The summed E-state index contributed by atoms with van der Waals surface area (Å²) in [5.74, 6) is -0.579. The van der Waals surface area contributed by atoms with Crippen LogP contribution >= 0.6 is 0 Å². The first-order valence-corrected chi connectivity index (χ1v) is 8.62. The topological polar surface area (TPSA) is 58.2 Å². The maximum Gasteiger partial charge on any atom is 0.243 e. The van der Waals surface area contributed by atoms with Gasteiger partial charge in [0.05, 0.1) is 12.5 Å². The van der Waals surface area contributed by atoms with Crippen molar-refractivity contribution in [1.29, 1.82) is 0 Å². The minimum Gasteiger partial charge on any atom is -0.346 e. The van der Waals surface area contributed by atoms with Crippen LogP contribution < -0.4 is 10.6 Å². The van der Waals surface area contributed by atoms with Crippen molar-refractivity contribution in [2.45, 2.75) is 40.0 Å². The number of carbonyl (C=O) groups excluding carboxylic acids is 2. The summed E-state index contributed by atoms with van der Waals surface area (Å²) in [4.78, 5) is 24.6. The fraction of sp³-hybridized carbons (Fsp3) is 0.333. The number of nitrogens with one attached hydrogen (secondary N) is 2. The van der Waals surface area contributed by atoms with E-state index in [2.05, 4.69) is 10.6 Å². The summed E-state index contributed by atoms with van der Waals surface area (Å²) in [5, 5.41) is 5.66. The van der Waals surface area contributed by atoms with Crippen LogP contribution in [-0.4, -0.2) is 18.4 Å². The van der Waals surface area contributed by atoms with E-state index in [0.29, 0.717) is 6.42 Å².